The minimum Gasteiger partial charge on any atom is -0.367 e. The first kappa shape index (κ1) is 63.3. The number of hydrogen-bond acceptors (Lipinski definition) is 14. The van der Waals surface area contributed by atoms with Gasteiger partial charge in [0.15, 0.2) is 12.2 Å². The summed E-state index contributed by atoms with van der Waals surface area (Å²) in [5.74, 6) is -1.19. The second-order valence-corrected chi connectivity index (χ2v) is 27.5. The van der Waals surface area contributed by atoms with Crippen LogP contribution in [0.2, 0.25) is 10.0 Å². The Morgan fingerprint density at radius 3 is 1.28 bits per heavy atom. The number of nitrogens with one attached hydrogen (secondary N) is 4. The summed E-state index contributed by atoms with van der Waals surface area (Å²) >= 11 is 12.3. The number of primary amides is 2. The molecule has 20 nitrogen and oxygen atoms in total. The van der Waals surface area contributed by atoms with Gasteiger partial charge in [-0.3, -0.25) is 48.4 Å². The van der Waals surface area contributed by atoms with Gasteiger partial charge in [0.25, 0.3) is 11.1 Å². The monoisotopic (exact) mass is 1240 g/mol. The number of amides is 4. The van der Waals surface area contributed by atoms with Crippen LogP contribution in [0.1, 0.15) is 86.3 Å². The molecule has 0 saturated carbocycles. The highest BCUT2D eigenvalue weighted by molar-refractivity contribution is 6.30. The number of nitrogens with two attached hydrogens (primary N) is 2. The van der Waals surface area contributed by atoms with Gasteiger partial charge in [0.05, 0.1) is 37.7 Å². The van der Waals surface area contributed by atoms with Crippen molar-refractivity contribution in [1.82, 2.24) is 40.2 Å². The fourth-order valence-corrected chi connectivity index (χ4v) is 14.5. The van der Waals surface area contributed by atoms with Crippen LogP contribution in [-0.4, -0.2) is 193 Å². The average Bonchev–Trinajstić information content (AvgIpc) is 1.82. The van der Waals surface area contributed by atoms with E-state index < -0.39 is 46.9 Å². The number of fused-ring (bicyclic) bond motifs is 2. The van der Waals surface area contributed by atoms with Crippen molar-refractivity contribution in [2.75, 3.05) is 102 Å². The first-order chi connectivity index (χ1) is 42.0. The molecule has 0 spiro atoms. The molecule has 4 unspecified atom stereocenters. The lowest BCUT2D eigenvalue weighted by atomic mass is 9.91. The Morgan fingerprint density at radius 1 is 0.557 bits per heavy atom. The van der Waals surface area contributed by atoms with Crippen LogP contribution in [0.5, 0.6) is 0 Å². The number of rotatable bonds is 18. The minimum absolute atomic E-state index is 0.0562. The summed E-state index contributed by atoms with van der Waals surface area (Å²) in [5.41, 5.74) is 18.8. The minimum atomic E-state index is -0.870. The zero-order chi connectivity index (χ0) is 62.3. The zero-order valence-corrected chi connectivity index (χ0v) is 52.8. The standard InChI is InChI=1S/C66H84Cl2N12O8/c1-39-31-77(35-55(81)79-37-65(3,4)59-53(79)27-45(63(85)73-59)23-41-11-15-47(67)16-12-41)49(29-71-39)33-75-19-21-87-57(61(69)83)51(75)25-43-7-9-44(10-8-43)26-52-58(62(70)84)88-22-20-76(52)34-50-30-72-40(2)32-78(50)36-56(82)80-38-66(5,6)60-54(80)28-46(64(86)74-60)24-42-13-17-48(68)18-14-42/h7-18,27-28,39-40,49-52,57-58,71-72H,19-26,29-38H2,1-6H3,(H2,69,83)(H2,70,84)(H,73,85)(H,74,86)/t39-,40-,49-,50-,51?,52?,57?,58?/m1/s1. The molecule has 22 heteroatoms. The Morgan fingerprint density at radius 2 is 0.920 bits per heavy atom. The van der Waals surface area contributed by atoms with E-state index >= 15 is 0 Å². The van der Waals surface area contributed by atoms with Crippen LogP contribution in [0.3, 0.4) is 0 Å². The number of morpholine rings is 2. The number of aromatic nitrogens is 2. The van der Waals surface area contributed by atoms with Gasteiger partial charge < -0.3 is 51.3 Å². The molecule has 5 aromatic rings. The van der Waals surface area contributed by atoms with Gasteiger partial charge in [-0.05, 0) is 85.3 Å². The molecule has 11 rings (SSSR count). The summed E-state index contributed by atoms with van der Waals surface area (Å²) in [6.07, 6.45) is -0.0226. The second-order valence-electron chi connectivity index (χ2n) is 26.6. The van der Waals surface area contributed by atoms with Gasteiger partial charge in [-0.25, -0.2) is 0 Å². The maximum absolute atomic E-state index is 14.7. The Kier molecular flexibility index (Phi) is 18.9. The lowest BCUT2D eigenvalue weighted by Gasteiger charge is -2.46. The number of halogens is 2. The van der Waals surface area contributed by atoms with Gasteiger partial charge in [-0.1, -0.05) is 99.4 Å². The van der Waals surface area contributed by atoms with Gasteiger partial charge in [0.2, 0.25) is 23.6 Å². The smallest absolute Gasteiger partial charge is 0.251 e. The van der Waals surface area contributed by atoms with Crippen molar-refractivity contribution in [2.45, 2.75) is 127 Å². The normalized spacial score (nSPS) is 25.8. The Balaban J connectivity index is 0.762. The number of benzene rings is 3. The van der Waals surface area contributed by atoms with Crippen molar-refractivity contribution in [3.05, 3.63) is 160 Å². The molecule has 0 radical (unpaired) electrons. The van der Waals surface area contributed by atoms with E-state index in [0.717, 1.165) is 45.0 Å². The van der Waals surface area contributed by atoms with E-state index in [0.29, 0.717) is 126 Å². The van der Waals surface area contributed by atoms with Crippen molar-refractivity contribution in [2.24, 2.45) is 11.5 Å². The van der Waals surface area contributed by atoms with E-state index in [1.165, 1.54) is 0 Å². The molecule has 2 aromatic heterocycles. The molecular formula is C66H84Cl2N12O8. The molecule has 8 N–H and O–H groups in total. The molecule has 6 aliphatic rings. The van der Waals surface area contributed by atoms with E-state index in [1.807, 2.05) is 73.9 Å². The number of carbonyl (C=O) groups is 4. The molecule has 3 aromatic carbocycles. The number of aromatic amines is 2. The third-order valence-corrected chi connectivity index (χ3v) is 19.4. The van der Waals surface area contributed by atoms with Crippen molar-refractivity contribution in [3.8, 4) is 0 Å². The second kappa shape index (κ2) is 26.3. The van der Waals surface area contributed by atoms with E-state index in [1.54, 1.807) is 24.3 Å². The van der Waals surface area contributed by atoms with Crippen molar-refractivity contribution in [3.63, 3.8) is 0 Å². The molecule has 8 heterocycles. The highest BCUT2D eigenvalue weighted by Crippen LogP contribution is 2.41. The number of anilines is 2. The summed E-state index contributed by atoms with van der Waals surface area (Å²) in [7, 11) is 0. The van der Waals surface area contributed by atoms with E-state index in [2.05, 4.69) is 78.3 Å². The molecule has 0 bridgehead atoms. The first-order valence-electron chi connectivity index (χ1n) is 30.9. The fraction of sp³-hybridized carbons (Fsp3) is 0.515. The van der Waals surface area contributed by atoms with Crippen LogP contribution in [0.25, 0.3) is 0 Å². The number of piperazine rings is 2. The Labute approximate surface area is 524 Å². The maximum Gasteiger partial charge on any atom is 0.251 e. The Hall–Kier alpha value is -6.30. The molecular weight excluding hydrogens is 1160 g/mol. The molecule has 6 aliphatic heterocycles. The summed E-state index contributed by atoms with van der Waals surface area (Å²) in [6, 6.07) is 26.1. The van der Waals surface area contributed by atoms with Crippen molar-refractivity contribution < 1.29 is 28.7 Å². The van der Waals surface area contributed by atoms with Gasteiger partial charge in [0.1, 0.15) is 0 Å². The third kappa shape index (κ3) is 14.0. The summed E-state index contributed by atoms with van der Waals surface area (Å²) in [5, 5.41) is 8.51. The quantitative estimate of drug-likeness (QED) is 0.0733. The maximum atomic E-state index is 14.7. The van der Waals surface area contributed by atoms with Gasteiger partial charge in [-0.2, -0.15) is 0 Å². The molecule has 4 amide bonds. The zero-order valence-electron chi connectivity index (χ0n) is 51.3. The topological polar surface area (TPSA) is 248 Å². The molecule has 0 aliphatic carbocycles. The molecule has 88 heavy (non-hydrogen) atoms. The van der Waals surface area contributed by atoms with Crippen LogP contribution in [0.15, 0.2) is 94.5 Å². The van der Waals surface area contributed by atoms with Gasteiger partial charge >= 0.3 is 0 Å². The van der Waals surface area contributed by atoms with Crippen molar-refractivity contribution >= 4 is 58.2 Å². The van der Waals surface area contributed by atoms with Crippen LogP contribution in [0.4, 0.5) is 11.4 Å². The first-order valence-corrected chi connectivity index (χ1v) is 31.7. The summed E-state index contributed by atoms with van der Waals surface area (Å²) in [4.78, 5) is 102. The van der Waals surface area contributed by atoms with Gasteiger partial charge in [-0.15, -0.1) is 0 Å². The van der Waals surface area contributed by atoms with E-state index in [4.69, 9.17) is 44.1 Å². The SMILES string of the molecule is C[C@@H]1CN(CC(=O)N2CC(C)(C)c3[nH]c(=O)c(Cc4ccc(Cl)cc4)cc32)[C@@H](CN2CCOC(C(N)=O)C2Cc2ccc(CC3C(C(N)=O)OCCN3C[C@H]3CN[C@H](C)CN3CC(=O)N3CC(C)(C)c4[nH]c(=O)c(Cc5ccc(Cl)cc5)cc43)cc2)CN1. The average molecular weight is 1240 g/mol. The molecule has 4 saturated heterocycles. The van der Waals surface area contributed by atoms with E-state index in [9.17, 15) is 28.8 Å². The fourth-order valence-electron chi connectivity index (χ4n) is 14.2. The molecule has 470 valence electrons. The Bertz CT molecular complexity index is 3280. The number of ether oxygens (including phenoxy) is 2. The van der Waals surface area contributed by atoms with Gasteiger partial charge in [0, 0.05) is 158 Å². The lowest BCUT2D eigenvalue weighted by molar-refractivity contribution is -0.143. The number of nitrogens with zero attached hydrogens (tertiary/aromatic N) is 6. The number of H-pyrrole nitrogens is 2. The van der Waals surface area contributed by atoms with Crippen molar-refractivity contribution in [1.29, 1.82) is 0 Å². The van der Waals surface area contributed by atoms with Crippen LogP contribution < -0.4 is 43.0 Å². The number of carbonyl (C=O) groups excluding carboxylic acids is 4. The highest BCUT2D eigenvalue weighted by atomic mass is 35.5. The number of pyridine rings is 2. The largest absolute Gasteiger partial charge is 0.367 e. The van der Waals surface area contributed by atoms with Crippen LogP contribution in [-0.2, 0) is 65.2 Å². The highest BCUT2D eigenvalue weighted by Gasteiger charge is 2.45. The van der Waals surface area contributed by atoms with Crippen LogP contribution in [0, 0.1) is 0 Å². The summed E-state index contributed by atoms with van der Waals surface area (Å²) in [6.45, 7) is 18.9. The predicted octanol–water partition coefficient (Wildman–Crippen LogP) is 3.72. The summed E-state index contributed by atoms with van der Waals surface area (Å²) < 4.78 is 12.3. The third-order valence-electron chi connectivity index (χ3n) is 18.9. The molecule has 4 fully saturated rings. The predicted molar refractivity (Wildman–Crippen MR) is 341 cm³/mol. The lowest BCUT2D eigenvalue weighted by Crippen LogP contribution is -2.64. The number of hydrogen-bond donors (Lipinski definition) is 6. The molecule has 8 atom stereocenters. The van der Waals surface area contributed by atoms with Crippen LogP contribution >= 0.6 is 23.2 Å². The van der Waals surface area contributed by atoms with E-state index in [-0.39, 0.29) is 60.2 Å².